The van der Waals surface area contributed by atoms with Gasteiger partial charge in [-0.2, -0.15) is 4.98 Å². The highest BCUT2D eigenvalue weighted by Crippen LogP contribution is 2.39. The molecule has 0 saturated heterocycles. The predicted octanol–water partition coefficient (Wildman–Crippen LogP) is 5.11. The Balaban J connectivity index is 1.33. The first-order chi connectivity index (χ1) is 28.7. The lowest BCUT2D eigenvalue weighted by molar-refractivity contribution is -0.385. The number of alkyl carbamates (subject to hydrolysis) is 1. The zero-order valence-electron chi connectivity index (χ0n) is 34.0. The smallest absolute Gasteiger partial charge is 0.407 e. The molecule has 0 saturated carbocycles. The van der Waals surface area contributed by atoms with Gasteiger partial charge in [-0.05, 0) is 43.0 Å². The van der Waals surface area contributed by atoms with Crippen molar-refractivity contribution < 1.29 is 57.1 Å². The third kappa shape index (κ3) is 18.2. The number of ether oxygens (including phenoxy) is 10. The minimum absolute atomic E-state index is 0.0853. The molecule has 0 aliphatic rings. The number of carbonyl (C=O) groups excluding carboxylic acids is 1. The van der Waals surface area contributed by atoms with Crippen molar-refractivity contribution in [3.8, 4) is 28.7 Å². The quantitative estimate of drug-likeness (QED) is 0.0320. The van der Waals surface area contributed by atoms with Crippen LogP contribution in [0.2, 0.25) is 0 Å². The average molecular weight is 853 g/mol. The monoisotopic (exact) mass is 852 g/mol. The van der Waals surface area contributed by atoms with Crippen molar-refractivity contribution in [3.63, 3.8) is 0 Å². The van der Waals surface area contributed by atoms with Crippen LogP contribution in [0.3, 0.4) is 0 Å². The van der Waals surface area contributed by atoms with Crippen LogP contribution in [0.15, 0.2) is 30.5 Å². The van der Waals surface area contributed by atoms with Gasteiger partial charge < -0.3 is 64.2 Å². The summed E-state index contributed by atoms with van der Waals surface area (Å²) in [6.07, 6.45) is 5.89. The van der Waals surface area contributed by atoms with Gasteiger partial charge in [0.2, 0.25) is 11.7 Å². The summed E-state index contributed by atoms with van der Waals surface area (Å²) in [4.78, 5) is 31.8. The van der Waals surface area contributed by atoms with E-state index in [0.717, 1.165) is 37.9 Å². The number of nitro groups is 1. The van der Waals surface area contributed by atoms with Gasteiger partial charge in [0.05, 0.1) is 90.7 Å². The van der Waals surface area contributed by atoms with E-state index < -0.39 is 11.0 Å². The summed E-state index contributed by atoms with van der Waals surface area (Å²) < 4.78 is 55.4. The number of nitrogen functional groups attached to an aromatic ring is 2. The minimum Gasteiger partial charge on any atom is -0.493 e. The Bertz CT molecular complexity index is 1680. The van der Waals surface area contributed by atoms with E-state index in [-0.39, 0.29) is 67.5 Å². The number of rotatable bonds is 32. The van der Waals surface area contributed by atoms with E-state index in [9.17, 15) is 14.9 Å². The minimum atomic E-state index is -0.775. The highest BCUT2D eigenvalue weighted by molar-refractivity contribution is 6.17. The van der Waals surface area contributed by atoms with Crippen LogP contribution in [-0.4, -0.2) is 121 Å². The number of aromatic nitrogens is 2. The standard InChI is InChI=1S/C39H57ClN6O13/c1-50-32-24-30(31(46(48)49)25-33(32)57-20-19-56-18-17-55-16-15-54-14-13-53-11-7-5-4-6-9-40)27-59-39(47)43-10-8-12-58-36-34(51-2)22-28(23-35(36)52-3)21-29-26-44-38(42)45-37(29)41/h22-26H,4-21,27H2,1-3H3,(H,43,47)(H4,41,42,44,45). The van der Waals surface area contributed by atoms with Crippen LogP contribution >= 0.6 is 11.6 Å². The summed E-state index contributed by atoms with van der Waals surface area (Å²) in [6.45, 7) is 3.66. The number of alkyl halides is 1. The molecule has 0 spiro atoms. The second-order valence-corrected chi connectivity index (χ2v) is 13.0. The number of nitrogens with one attached hydrogen (secondary N) is 1. The molecule has 0 aliphatic carbocycles. The van der Waals surface area contributed by atoms with Crippen molar-refractivity contribution in [1.82, 2.24) is 15.3 Å². The molecule has 0 aliphatic heterocycles. The molecule has 19 nitrogen and oxygen atoms in total. The molecule has 0 bridgehead atoms. The number of nitrogens with zero attached hydrogens (tertiary/aromatic N) is 3. The van der Waals surface area contributed by atoms with E-state index in [2.05, 4.69) is 15.3 Å². The fourth-order valence-electron chi connectivity index (χ4n) is 5.37. The summed E-state index contributed by atoms with van der Waals surface area (Å²) in [7, 11) is 4.41. The Hall–Kier alpha value is -5.08. The van der Waals surface area contributed by atoms with Crippen molar-refractivity contribution in [2.75, 3.05) is 111 Å². The summed E-state index contributed by atoms with van der Waals surface area (Å²) >= 11 is 5.67. The zero-order valence-corrected chi connectivity index (χ0v) is 34.8. The van der Waals surface area contributed by atoms with Crippen molar-refractivity contribution in [2.45, 2.75) is 45.1 Å². The van der Waals surface area contributed by atoms with E-state index in [4.69, 9.17) is 70.4 Å². The Labute approximate surface area is 349 Å². The number of carbonyl (C=O) groups is 1. The summed E-state index contributed by atoms with van der Waals surface area (Å²) in [6, 6.07) is 6.19. The zero-order chi connectivity index (χ0) is 42.7. The normalized spacial score (nSPS) is 10.9. The van der Waals surface area contributed by atoms with Crippen LogP contribution in [0.4, 0.5) is 22.2 Å². The summed E-state index contributed by atoms with van der Waals surface area (Å²) in [5.74, 6) is 2.67. The van der Waals surface area contributed by atoms with Gasteiger partial charge in [0.15, 0.2) is 23.0 Å². The van der Waals surface area contributed by atoms with Gasteiger partial charge >= 0.3 is 6.09 Å². The van der Waals surface area contributed by atoms with Gasteiger partial charge in [0, 0.05) is 37.2 Å². The van der Waals surface area contributed by atoms with Crippen molar-refractivity contribution in [3.05, 3.63) is 57.3 Å². The summed E-state index contributed by atoms with van der Waals surface area (Å²) in [5.41, 5.74) is 12.9. The van der Waals surface area contributed by atoms with Gasteiger partial charge in [-0.25, -0.2) is 9.78 Å². The van der Waals surface area contributed by atoms with E-state index >= 15 is 0 Å². The van der Waals surface area contributed by atoms with Crippen LogP contribution in [0.25, 0.3) is 0 Å². The maximum Gasteiger partial charge on any atom is 0.407 e. The SMILES string of the molecule is COc1cc(COC(=O)NCCCOc2c(OC)cc(Cc3cnc(N)nc3N)cc2OC)c([N+](=O)[O-])cc1OCCOCCOCCOCCOCCCCCCCl. The third-order valence-electron chi connectivity index (χ3n) is 8.36. The molecule has 0 unspecified atom stereocenters. The highest BCUT2D eigenvalue weighted by atomic mass is 35.5. The molecule has 0 radical (unpaired) electrons. The molecule has 0 fully saturated rings. The van der Waals surface area contributed by atoms with Crippen molar-refractivity contribution in [2.24, 2.45) is 0 Å². The van der Waals surface area contributed by atoms with Crippen molar-refractivity contribution >= 4 is 35.1 Å². The first-order valence-corrected chi connectivity index (χ1v) is 19.7. The molecular formula is C39H57ClN6O13. The van der Waals surface area contributed by atoms with E-state index in [1.54, 1.807) is 18.3 Å². The largest absolute Gasteiger partial charge is 0.493 e. The number of anilines is 2. The number of benzene rings is 2. The maximum atomic E-state index is 12.5. The van der Waals surface area contributed by atoms with E-state index in [1.165, 1.54) is 33.5 Å². The molecule has 1 heterocycles. The third-order valence-corrected chi connectivity index (χ3v) is 8.63. The van der Waals surface area contributed by atoms with E-state index in [0.29, 0.717) is 81.2 Å². The molecule has 0 atom stereocenters. The van der Waals surface area contributed by atoms with Crippen LogP contribution in [0.1, 0.15) is 48.8 Å². The number of amides is 1. The highest BCUT2D eigenvalue weighted by Gasteiger charge is 2.21. The number of nitro benzene ring substituents is 1. The fourth-order valence-corrected chi connectivity index (χ4v) is 5.56. The Morgan fingerprint density at radius 3 is 1.93 bits per heavy atom. The molecule has 59 heavy (non-hydrogen) atoms. The van der Waals surface area contributed by atoms with Crippen LogP contribution in [0, 0.1) is 10.1 Å². The lowest BCUT2D eigenvalue weighted by Gasteiger charge is -2.16. The molecule has 3 aromatic rings. The molecule has 1 aromatic heterocycles. The van der Waals surface area contributed by atoms with Crippen molar-refractivity contribution in [1.29, 1.82) is 0 Å². The number of hydrogen-bond acceptors (Lipinski definition) is 17. The topological polar surface area (TPSA) is 242 Å². The molecular weight excluding hydrogens is 796 g/mol. The molecule has 5 N–H and O–H groups in total. The van der Waals surface area contributed by atoms with Crippen LogP contribution in [-0.2, 0) is 36.7 Å². The number of methoxy groups -OCH3 is 3. The number of halogens is 1. The summed E-state index contributed by atoms with van der Waals surface area (Å²) in [5, 5.41) is 14.5. The molecule has 328 valence electrons. The first-order valence-electron chi connectivity index (χ1n) is 19.2. The molecule has 1 amide bonds. The Morgan fingerprint density at radius 1 is 0.729 bits per heavy atom. The number of nitrogens with two attached hydrogens (primary N) is 2. The fraction of sp³-hybridized carbons (Fsp3) is 0.564. The molecule has 20 heteroatoms. The number of unbranched alkanes of at least 4 members (excludes halogenated alkanes) is 3. The van der Waals surface area contributed by atoms with Gasteiger partial charge in [-0.15, -0.1) is 11.6 Å². The molecule has 3 rings (SSSR count). The van der Waals surface area contributed by atoms with E-state index in [1.807, 2.05) is 0 Å². The Kier molecular flexibility index (Phi) is 23.2. The lowest BCUT2D eigenvalue weighted by atomic mass is 10.1. The van der Waals surface area contributed by atoms with Crippen LogP contribution in [0.5, 0.6) is 28.7 Å². The van der Waals surface area contributed by atoms with Gasteiger partial charge in [-0.1, -0.05) is 12.8 Å². The number of hydrogen-bond donors (Lipinski definition) is 3. The average Bonchev–Trinajstić information content (AvgIpc) is 3.23. The predicted molar refractivity (Wildman–Crippen MR) is 219 cm³/mol. The Morgan fingerprint density at radius 2 is 1.34 bits per heavy atom. The lowest BCUT2D eigenvalue weighted by Crippen LogP contribution is -2.26. The second kappa shape index (κ2) is 28.4. The molecule has 2 aromatic carbocycles. The first kappa shape index (κ1) is 48.3. The van der Waals surface area contributed by atoms with Gasteiger partial charge in [0.25, 0.3) is 5.69 Å². The van der Waals surface area contributed by atoms with Gasteiger partial charge in [-0.3, -0.25) is 10.1 Å². The van der Waals surface area contributed by atoms with Gasteiger partial charge in [0.1, 0.15) is 19.0 Å². The second-order valence-electron chi connectivity index (χ2n) is 12.6. The van der Waals surface area contributed by atoms with Crippen LogP contribution < -0.4 is 40.5 Å². The maximum absolute atomic E-state index is 12.5.